The average Bonchev–Trinajstić information content (AvgIpc) is 2.68. The molecule has 0 aliphatic heterocycles. The molecule has 0 spiro atoms. The van der Waals surface area contributed by atoms with E-state index in [1.165, 1.54) is 89.9 Å². The maximum absolute atomic E-state index is 5.24. The lowest BCUT2D eigenvalue weighted by molar-refractivity contribution is -0.355. The molecule has 26 heavy (non-hydrogen) atoms. The fraction of sp³-hybridized carbons (Fsp3) is 1.00. The Balaban J connectivity index is 0. The molecule has 0 unspecified atom stereocenters. The SMILES string of the molecule is CCCCCCCCCC.CCCCCCCCCC(OC)(OC)OC. The second-order valence-corrected chi connectivity index (χ2v) is 7.29. The zero-order valence-corrected chi connectivity index (χ0v) is 19.0. The molecule has 0 bridgehead atoms. The molecule has 0 aliphatic rings. The van der Waals surface area contributed by atoms with Crippen LogP contribution in [0.3, 0.4) is 0 Å². The van der Waals surface area contributed by atoms with Crippen molar-refractivity contribution in [1.29, 1.82) is 0 Å². The molecule has 160 valence electrons. The Morgan fingerprint density at radius 1 is 0.423 bits per heavy atom. The van der Waals surface area contributed by atoms with Crippen LogP contribution in [0.15, 0.2) is 0 Å². The van der Waals surface area contributed by atoms with Crippen LogP contribution in [0.4, 0.5) is 0 Å². The van der Waals surface area contributed by atoms with E-state index < -0.39 is 5.97 Å². The van der Waals surface area contributed by atoms with Gasteiger partial charge in [0.15, 0.2) is 0 Å². The van der Waals surface area contributed by atoms with Crippen molar-refractivity contribution in [2.45, 2.75) is 129 Å². The fourth-order valence-corrected chi connectivity index (χ4v) is 3.06. The topological polar surface area (TPSA) is 27.7 Å². The molecular weight excluding hydrogens is 324 g/mol. The molecule has 0 aromatic carbocycles. The lowest BCUT2D eigenvalue weighted by Crippen LogP contribution is -2.35. The number of unbranched alkanes of at least 4 members (excludes halogenated alkanes) is 13. The van der Waals surface area contributed by atoms with E-state index in [1.807, 2.05) is 0 Å². The largest absolute Gasteiger partial charge is 0.331 e. The van der Waals surface area contributed by atoms with E-state index in [9.17, 15) is 0 Å². The molecule has 3 nitrogen and oxygen atoms in total. The van der Waals surface area contributed by atoms with Crippen molar-refractivity contribution in [2.24, 2.45) is 0 Å². The van der Waals surface area contributed by atoms with Crippen LogP contribution < -0.4 is 0 Å². The third kappa shape index (κ3) is 18.7. The van der Waals surface area contributed by atoms with Crippen LogP contribution in [-0.2, 0) is 14.2 Å². The molecule has 0 N–H and O–H groups in total. The summed E-state index contributed by atoms with van der Waals surface area (Å²) in [6.07, 6.45) is 21.2. The van der Waals surface area contributed by atoms with Gasteiger partial charge in [-0.25, -0.2) is 0 Å². The third-order valence-corrected chi connectivity index (χ3v) is 4.98. The molecule has 0 heterocycles. The first-order valence-electron chi connectivity index (χ1n) is 11.3. The average molecular weight is 375 g/mol. The Labute approximate surface area is 165 Å². The highest BCUT2D eigenvalue weighted by atomic mass is 16.9. The van der Waals surface area contributed by atoms with E-state index in [2.05, 4.69) is 20.8 Å². The summed E-state index contributed by atoms with van der Waals surface area (Å²) in [6, 6.07) is 0. The lowest BCUT2D eigenvalue weighted by Gasteiger charge is -2.28. The molecule has 0 aromatic rings. The van der Waals surface area contributed by atoms with E-state index in [1.54, 1.807) is 21.3 Å². The zero-order chi connectivity index (χ0) is 19.9. The van der Waals surface area contributed by atoms with Gasteiger partial charge in [-0.3, -0.25) is 0 Å². The molecule has 3 heteroatoms. The van der Waals surface area contributed by atoms with E-state index in [-0.39, 0.29) is 0 Å². The minimum atomic E-state index is -0.830. The van der Waals surface area contributed by atoms with Crippen molar-refractivity contribution in [2.75, 3.05) is 21.3 Å². The van der Waals surface area contributed by atoms with Gasteiger partial charge >= 0.3 is 0 Å². The molecule has 0 aliphatic carbocycles. The number of ether oxygens (including phenoxy) is 3. The fourth-order valence-electron chi connectivity index (χ4n) is 3.06. The van der Waals surface area contributed by atoms with Crippen molar-refractivity contribution in [3.63, 3.8) is 0 Å². The molecule has 0 rings (SSSR count). The number of hydrogen-bond donors (Lipinski definition) is 0. The van der Waals surface area contributed by atoms with Crippen molar-refractivity contribution < 1.29 is 14.2 Å². The number of methoxy groups -OCH3 is 3. The summed E-state index contributed by atoms with van der Waals surface area (Å²) in [5.74, 6) is -0.830. The van der Waals surface area contributed by atoms with Gasteiger partial charge in [0.25, 0.3) is 5.97 Å². The second kappa shape index (κ2) is 22.9. The van der Waals surface area contributed by atoms with Gasteiger partial charge in [0.2, 0.25) is 0 Å². The Hall–Kier alpha value is -0.120. The number of rotatable bonds is 18. The summed E-state index contributed by atoms with van der Waals surface area (Å²) in [4.78, 5) is 0. The van der Waals surface area contributed by atoms with E-state index >= 15 is 0 Å². The Kier molecular flexibility index (Phi) is 24.8. The van der Waals surface area contributed by atoms with Gasteiger partial charge in [-0.05, 0) is 6.42 Å². The second-order valence-electron chi connectivity index (χ2n) is 7.29. The first kappa shape index (κ1) is 28.1. The van der Waals surface area contributed by atoms with Crippen LogP contribution in [-0.4, -0.2) is 27.3 Å². The molecule has 0 saturated heterocycles. The standard InChI is InChI=1S/C13H28O3.C10H22/c1-5-6-7-8-9-10-11-12-13(14-2,15-3)16-4;1-3-5-7-9-10-8-6-4-2/h5-12H2,1-4H3;3-10H2,1-2H3. The van der Waals surface area contributed by atoms with Crippen LogP contribution in [0.2, 0.25) is 0 Å². The molecule has 0 amide bonds. The normalized spacial score (nSPS) is 11.3. The predicted molar refractivity (Wildman–Crippen MR) is 115 cm³/mol. The van der Waals surface area contributed by atoms with E-state index in [0.29, 0.717) is 0 Å². The molecule has 0 aromatic heterocycles. The van der Waals surface area contributed by atoms with Gasteiger partial charge < -0.3 is 14.2 Å². The summed E-state index contributed by atoms with van der Waals surface area (Å²) >= 11 is 0. The van der Waals surface area contributed by atoms with Crippen molar-refractivity contribution in [3.8, 4) is 0 Å². The minimum Gasteiger partial charge on any atom is -0.331 e. The maximum Gasteiger partial charge on any atom is 0.282 e. The van der Waals surface area contributed by atoms with Gasteiger partial charge in [-0.15, -0.1) is 0 Å². The van der Waals surface area contributed by atoms with Crippen LogP contribution in [0.1, 0.15) is 124 Å². The molecule has 0 saturated carbocycles. The Morgan fingerprint density at radius 2 is 0.692 bits per heavy atom. The van der Waals surface area contributed by atoms with Crippen molar-refractivity contribution >= 4 is 0 Å². The molecule has 0 atom stereocenters. The first-order valence-corrected chi connectivity index (χ1v) is 11.3. The zero-order valence-electron chi connectivity index (χ0n) is 19.0. The van der Waals surface area contributed by atoms with Crippen molar-refractivity contribution in [1.82, 2.24) is 0 Å². The summed E-state index contributed by atoms with van der Waals surface area (Å²) in [7, 11) is 4.86. The van der Waals surface area contributed by atoms with Crippen molar-refractivity contribution in [3.05, 3.63) is 0 Å². The van der Waals surface area contributed by atoms with Gasteiger partial charge in [0, 0.05) is 27.8 Å². The Bertz CT molecular complexity index is 223. The molecule has 0 radical (unpaired) electrons. The summed E-state index contributed by atoms with van der Waals surface area (Å²) in [5.41, 5.74) is 0. The minimum absolute atomic E-state index is 0.796. The molecular formula is C23H50O3. The predicted octanol–water partition coefficient (Wildman–Crippen LogP) is 7.87. The smallest absolute Gasteiger partial charge is 0.282 e. The van der Waals surface area contributed by atoms with E-state index in [0.717, 1.165) is 12.8 Å². The highest BCUT2D eigenvalue weighted by Crippen LogP contribution is 2.21. The highest BCUT2D eigenvalue weighted by molar-refractivity contribution is 4.56. The van der Waals surface area contributed by atoms with Gasteiger partial charge in [-0.2, -0.15) is 0 Å². The summed E-state index contributed by atoms with van der Waals surface area (Å²) < 4.78 is 15.7. The van der Waals surface area contributed by atoms with Crippen LogP contribution in [0.5, 0.6) is 0 Å². The van der Waals surface area contributed by atoms with Crippen LogP contribution >= 0.6 is 0 Å². The van der Waals surface area contributed by atoms with Crippen LogP contribution in [0.25, 0.3) is 0 Å². The Morgan fingerprint density at radius 3 is 0.962 bits per heavy atom. The van der Waals surface area contributed by atoms with Crippen LogP contribution in [0, 0.1) is 0 Å². The summed E-state index contributed by atoms with van der Waals surface area (Å²) in [6.45, 7) is 6.78. The van der Waals surface area contributed by atoms with Gasteiger partial charge in [0.05, 0.1) is 0 Å². The van der Waals surface area contributed by atoms with E-state index in [4.69, 9.17) is 14.2 Å². The third-order valence-electron chi connectivity index (χ3n) is 4.98. The lowest BCUT2D eigenvalue weighted by atomic mass is 10.1. The maximum atomic E-state index is 5.24. The first-order chi connectivity index (χ1) is 12.7. The quantitative estimate of drug-likeness (QED) is 0.180. The van der Waals surface area contributed by atoms with Gasteiger partial charge in [0.1, 0.15) is 0 Å². The summed E-state index contributed by atoms with van der Waals surface area (Å²) in [5, 5.41) is 0. The van der Waals surface area contributed by atoms with Gasteiger partial charge in [-0.1, -0.05) is 111 Å². The monoisotopic (exact) mass is 374 g/mol. The highest BCUT2D eigenvalue weighted by Gasteiger charge is 2.28. The molecule has 0 fully saturated rings. The number of hydrogen-bond acceptors (Lipinski definition) is 3.